The third kappa shape index (κ3) is 4.74. The molecule has 1 aliphatic rings. The van der Waals surface area contributed by atoms with Crippen LogP contribution in [0.25, 0.3) is 0 Å². The van der Waals surface area contributed by atoms with Crippen LogP contribution in [0.3, 0.4) is 0 Å². The van der Waals surface area contributed by atoms with E-state index in [9.17, 15) is 0 Å². The normalized spacial score (nSPS) is 17.9. The van der Waals surface area contributed by atoms with Crippen molar-refractivity contribution >= 4 is 0 Å². The second kappa shape index (κ2) is 7.57. The molecule has 1 aromatic heterocycles. The molecule has 0 aliphatic carbocycles. The van der Waals surface area contributed by atoms with Crippen molar-refractivity contribution in [2.45, 2.75) is 26.4 Å². The van der Waals surface area contributed by atoms with Gasteiger partial charge in [-0.3, -0.25) is 9.88 Å². The third-order valence-corrected chi connectivity index (χ3v) is 3.48. The van der Waals surface area contributed by atoms with Gasteiger partial charge in [0.05, 0.1) is 26.0 Å². The predicted molar refractivity (Wildman–Crippen MR) is 79.1 cm³/mol. The lowest BCUT2D eigenvalue weighted by Crippen LogP contribution is -2.44. The van der Waals surface area contributed by atoms with Crippen LogP contribution in [0, 0.1) is 6.92 Å². The van der Waals surface area contributed by atoms with Gasteiger partial charge in [-0.25, -0.2) is 0 Å². The number of hydrogen-bond acceptors (Lipinski definition) is 5. The first-order valence-electron chi connectivity index (χ1n) is 7.22. The number of aromatic nitrogens is 1. The highest BCUT2D eigenvalue weighted by atomic mass is 16.5. The van der Waals surface area contributed by atoms with Gasteiger partial charge in [-0.2, -0.15) is 0 Å². The van der Waals surface area contributed by atoms with Crippen LogP contribution in [-0.2, 0) is 11.3 Å². The van der Waals surface area contributed by atoms with Crippen molar-refractivity contribution in [3.8, 4) is 5.75 Å². The molecule has 2 rings (SSSR count). The number of ether oxygens (including phenoxy) is 2. The number of rotatable bonds is 6. The summed E-state index contributed by atoms with van der Waals surface area (Å²) in [4.78, 5) is 6.96. The van der Waals surface area contributed by atoms with Gasteiger partial charge in [-0.15, -0.1) is 0 Å². The number of morpholine rings is 1. The van der Waals surface area contributed by atoms with Crippen molar-refractivity contribution in [1.29, 1.82) is 0 Å². The van der Waals surface area contributed by atoms with E-state index in [0.29, 0.717) is 6.04 Å². The lowest BCUT2D eigenvalue weighted by atomic mass is 10.2. The van der Waals surface area contributed by atoms with E-state index in [1.54, 1.807) is 7.11 Å². The van der Waals surface area contributed by atoms with Crippen LogP contribution in [0.1, 0.15) is 18.3 Å². The third-order valence-electron chi connectivity index (χ3n) is 3.48. The summed E-state index contributed by atoms with van der Waals surface area (Å²) in [6.45, 7) is 9.78. The molecule has 1 atom stereocenters. The SMILES string of the molecule is COc1cc(C)nc(CNC(C)CN2CCOCC2)c1. The first-order valence-corrected chi connectivity index (χ1v) is 7.22. The number of methoxy groups -OCH3 is 1. The highest BCUT2D eigenvalue weighted by Gasteiger charge is 2.13. The molecule has 0 spiro atoms. The molecule has 0 saturated carbocycles. The average Bonchev–Trinajstić information content (AvgIpc) is 2.45. The van der Waals surface area contributed by atoms with Gasteiger partial charge in [-0.05, 0) is 13.8 Å². The summed E-state index contributed by atoms with van der Waals surface area (Å²) in [5.41, 5.74) is 2.01. The maximum absolute atomic E-state index is 5.36. The van der Waals surface area contributed by atoms with Crippen LogP contribution >= 0.6 is 0 Å². The number of aryl methyl sites for hydroxylation is 1. The summed E-state index contributed by atoms with van der Waals surface area (Å²) >= 11 is 0. The summed E-state index contributed by atoms with van der Waals surface area (Å²) in [5.74, 6) is 0.870. The minimum atomic E-state index is 0.432. The smallest absolute Gasteiger partial charge is 0.122 e. The second-order valence-electron chi connectivity index (χ2n) is 5.33. The molecular formula is C15H25N3O2. The molecule has 20 heavy (non-hydrogen) atoms. The number of pyridine rings is 1. The molecule has 0 amide bonds. The monoisotopic (exact) mass is 279 g/mol. The Morgan fingerprint density at radius 2 is 2.15 bits per heavy atom. The molecule has 1 unspecified atom stereocenters. The van der Waals surface area contributed by atoms with Gasteiger partial charge in [0, 0.05) is 50.0 Å². The van der Waals surface area contributed by atoms with E-state index in [1.165, 1.54) is 0 Å². The van der Waals surface area contributed by atoms with Crippen LogP contribution in [-0.4, -0.2) is 55.9 Å². The maximum Gasteiger partial charge on any atom is 0.122 e. The Bertz CT molecular complexity index is 420. The Morgan fingerprint density at radius 1 is 1.40 bits per heavy atom. The lowest BCUT2D eigenvalue weighted by Gasteiger charge is -2.29. The van der Waals surface area contributed by atoms with E-state index >= 15 is 0 Å². The standard InChI is InChI=1S/C15H25N3O2/c1-12-8-15(19-3)9-14(17-12)10-16-13(2)11-18-4-6-20-7-5-18/h8-9,13,16H,4-7,10-11H2,1-3H3. The average molecular weight is 279 g/mol. The zero-order chi connectivity index (χ0) is 14.4. The molecule has 2 heterocycles. The highest BCUT2D eigenvalue weighted by molar-refractivity contribution is 5.26. The van der Waals surface area contributed by atoms with Crippen molar-refractivity contribution in [3.05, 3.63) is 23.5 Å². The second-order valence-corrected chi connectivity index (χ2v) is 5.33. The van der Waals surface area contributed by atoms with E-state index in [0.717, 1.165) is 56.5 Å². The minimum absolute atomic E-state index is 0.432. The van der Waals surface area contributed by atoms with Gasteiger partial charge in [0.1, 0.15) is 5.75 Å². The fraction of sp³-hybridized carbons (Fsp3) is 0.667. The Hall–Kier alpha value is -1.17. The van der Waals surface area contributed by atoms with Gasteiger partial charge in [0.15, 0.2) is 0 Å². The van der Waals surface area contributed by atoms with Crippen molar-refractivity contribution in [2.75, 3.05) is 40.0 Å². The Balaban J connectivity index is 1.80. The molecule has 112 valence electrons. The Kier molecular flexibility index (Phi) is 5.76. The summed E-state index contributed by atoms with van der Waals surface area (Å²) < 4.78 is 10.6. The number of nitrogens with zero attached hydrogens (tertiary/aromatic N) is 2. The molecule has 1 N–H and O–H groups in total. The van der Waals surface area contributed by atoms with Gasteiger partial charge in [0.2, 0.25) is 0 Å². The van der Waals surface area contributed by atoms with Crippen molar-refractivity contribution in [2.24, 2.45) is 0 Å². The molecule has 5 heteroatoms. The van der Waals surface area contributed by atoms with Crippen LogP contribution in [0.15, 0.2) is 12.1 Å². The topological polar surface area (TPSA) is 46.6 Å². The van der Waals surface area contributed by atoms with E-state index in [2.05, 4.69) is 22.1 Å². The van der Waals surface area contributed by atoms with E-state index in [-0.39, 0.29) is 0 Å². The molecule has 0 aromatic carbocycles. The molecule has 1 saturated heterocycles. The van der Waals surface area contributed by atoms with Crippen LogP contribution in [0.4, 0.5) is 0 Å². The van der Waals surface area contributed by atoms with Crippen molar-refractivity contribution < 1.29 is 9.47 Å². The van der Waals surface area contributed by atoms with Crippen molar-refractivity contribution in [3.63, 3.8) is 0 Å². The van der Waals surface area contributed by atoms with Gasteiger partial charge in [0.25, 0.3) is 0 Å². The summed E-state index contributed by atoms with van der Waals surface area (Å²) in [6, 6.07) is 4.36. The van der Waals surface area contributed by atoms with E-state index in [4.69, 9.17) is 9.47 Å². The largest absolute Gasteiger partial charge is 0.497 e. The molecule has 0 radical (unpaired) electrons. The van der Waals surface area contributed by atoms with Gasteiger partial charge in [-0.1, -0.05) is 0 Å². The maximum atomic E-state index is 5.36. The number of nitrogens with one attached hydrogen (secondary N) is 1. The van der Waals surface area contributed by atoms with Crippen LogP contribution < -0.4 is 10.1 Å². The molecule has 0 bridgehead atoms. The minimum Gasteiger partial charge on any atom is -0.497 e. The quantitative estimate of drug-likeness (QED) is 0.848. The molecule has 1 aliphatic heterocycles. The fourth-order valence-electron chi connectivity index (χ4n) is 2.43. The highest BCUT2D eigenvalue weighted by Crippen LogP contribution is 2.13. The molecular weight excluding hydrogens is 254 g/mol. The van der Waals surface area contributed by atoms with Gasteiger partial charge < -0.3 is 14.8 Å². The summed E-state index contributed by atoms with van der Waals surface area (Å²) in [6.07, 6.45) is 0. The molecule has 1 fully saturated rings. The predicted octanol–water partition coefficient (Wildman–Crippen LogP) is 1.21. The van der Waals surface area contributed by atoms with Crippen molar-refractivity contribution in [1.82, 2.24) is 15.2 Å². The zero-order valence-electron chi connectivity index (χ0n) is 12.7. The summed E-state index contributed by atoms with van der Waals surface area (Å²) in [5, 5.41) is 3.52. The van der Waals surface area contributed by atoms with E-state index in [1.807, 2.05) is 19.1 Å². The zero-order valence-corrected chi connectivity index (χ0v) is 12.7. The van der Waals surface area contributed by atoms with Gasteiger partial charge >= 0.3 is 0 Å². The fourth-order valence-corrected chi connectivity index (χ4v) is 2.43. The molecule has 1 aromatic rings. The number of hydrogen-bond donors (Lipinski definition) is 1. The Labute approximate surface area is 121 Å². The van der Waals surface area contributed by atoms with Crippen LogP contribution in [0.2, 0.25) is 0 Å². The molecule has 5 nitrogen and oxygen atoms in total. The summed E-state index contributed by atoms with van der Waals surface area (Å²) in [7, 11) is 1.69. The van der Waals surface area contributed by atoms with Crippen LogP contribution in [0.5, 0.6) is 5.75 Å². The first-order chi connectivity index (χ1) is 9.67. The lowest BCUT2D eigenvalue weighted by molar-refractivity contribution is 0.0343. The first kappa shape index (κ1) is 15.2. The van der Waals surface area contributed by atoms with E-state index < -0.39 is 0 Å². The Morgan fingerprint density at radius 3 is 2.85 bits per heavy atom.